The molecule has 1 aromatic heterocycles. The van der Waals surface area contributed by atoms with E-state index in [1.807, 2.05) is 24.3 Å². The second-order valence-electron chi connectivity index (χ2n) is 5.84. The summed E-state index contributed by atoms with van der Waals surface area (Å²) in [6.45, 7) is 7.22. The minimum absolute atomic E-state index is 0.618. The van der Waals surface area contributed by atoms with Gasteiger partial charge in [-0.05, 0) is 55.7 Å². The summed E-state index contributed by atoms with van der Waals surface area (Å²) in [7, 11) is 0. The van der Waals surface area contributed by atoms with Crippen LogP contribution in [0.5, 0.6) is 0 Å². The maximum absolute atomic E-state index is 4.66. The van der Waals surface area contributed by atoms with Gasteiger partial charge in [0, 0.05) is 17.6 Å². The predicted octanol–water partition coefficient (Wildman–Crippen LogP) is 4.81. The van der Waals surface area contributed by atoms with Gasteiger partial charge in [0.25, 0.3) is 0 Å². The molecule has 4 nitrogen and oxygen atoms in total. The van der Waals surface area contributed by atoms with Crippen LogP contribution in [0.2, 0.25) is 0 Å². The van der Waals surface area contributed by atoms with Gasteiger partial charge in [0.2, 0.25) is 5.95 Å². The fraction of sp³-hybridized carbons (Fsp3) is 0.263. The topological polar surface area (TPSA) is 49.8 Å². The molecule has 0 amide bonds. The number of para-hydroxylation sites is 1. The second-order valence-corrected chi connectivity index (χ2v) is 5.84. The van der Waals surface area contributed by atoms with Crippen molar-refractivity contribution in [3.8, 4) is 0 Å². The van der Waals surface area contributed by atoms with Gasteiger partial charge in [-0.15, -0.1) is 0 Å². The average Bonchev–Trinajstić information content (AvgIpc) is 2.51. The molecule has 0 aliphatic rings. The first kappa shape index (κ1) is 15.3. The molecule has 2 aromatic carbocycles. The van der Waals surface area contributed by atoms with Crippen LogP contribution in [0.15, 0.2) is 42.5 Å². The van der Waals surface area contributed by atoms with Crippen molar-refractivity contribution < 1.29 is 0 Å². The molecule has 0 saturated carbocycles. The van der Waals surface area contributed by atoms with Crippen molar-refractivity contribution in [2.45, 2.75) is 27.2 Å². The first-order chi connectivity index (χ1) is 11.2. The summed E-state index contributed by atoms with van der Waals surface area (Å²) >= 11 is 0. The molecule has 0 aliphatic carbocycles. The molecule has 3 rings (SSSR count). The lowest BCUT2D eigenvalue weighted by Gasteiger charge is -2.12. The van der Waals surface area contributed by atoms with Gasteiger partial charge in [0.1, 0.15) is 5.82 Å². The Kier molecular flexibility index (Phi) is 4.42. The van der Waals surface area contributed by atoms with Gasteiger partial charge in [-0.1, -0.05) is 25.1 Å². The lowest BCUT2D eigenvalue weighted by atomic mass is 10.1. The van der Waals surface area contributed by atoms with E-state index in [-0.39, 0.29) is 0 Å². The number of benzene rings is 2. The summed E-state index contributed by atoms with van der Waals surface area (Å²) in [6.07, 6.45) is 1.05. The van der Waals surface area contributed by atoms with Crippen LogP contribution >= 0.6 is 0 Å². The van der Waals surface area contributed by atoms with E-state index in [4.69, 9.17) is 0 Å². The standard InChI is InChI=1S/C19H22N4/c1-4-9-20-18-16-7-5-6-8-17(16)22-19(23-18)21-15-11-13(2)10-14(3)12-15/h5-8,10-12H,4,9H2,1-3H3,(H2,20,21,22,23). The first-order valence-corrected chi connectivity index (χ1v) is 8.01. The molecule has 4 heteroatoms. The number of fused-ring (bicyclic) bond motifs is 1. The lowest BCUT2D eigenvalue weighted by molar-refractivity contribution is 0.970. The smallest absolute Gasteiger partial charge is 0.229 e. The zero-order chi connectivity index (χ0) is 16.2. The number of aryl methyl sites for hydroxylation is 2. The molecule has 0 atom stereocenters. The molecular weight excluding hydrogens is 284 g/mol. The Labute approximate surface area is 137 Å². The maximum atomic E-state index is 4.66. The third kappa shape index (κ3) is 3.59. The normalized spacial score (nSPS) is 10.7. The number of rotatable bonds is 5. The zero-order valence-electron chi connectivity index (χ0n) is 13.9. The average molecular weight is 306 g/mol. The van der Waals surface area contributed by atoms with Crippen molar-refractivity contribution >= 4 is 28.4 Å². The molecule has 0 saturated heterocycles. The van der Waals surface area contributed by atoms with Crippen molar-refractivity contribution in [3.05, 3.63) is 53.6 Å². The van der Waals surface area contributed by atoms with E-state index >= 15 is 0 Å². The molecule has 0 spiro atoms. The molecule has 2 N–H and O–H groups in total. The number of anilines is 3. The van der Waals surface area contributed by atoms with Gasteiger partial charge in [-0.2, -0.15) is 4.98 Å². The first-order valence-electron chi connectivity index (χ1n) is 8.01. The fourth-order valence-corrected chi connectivity index (χ4v) is 2.69. The van der Waals surface area contributed by atoms with E-state index in [0.717, 1.165) is 35.4 Å². The molecule has 0 radical (unpaired) electrons. The zero-order valence-corrected chi connectivity index (χ0v) is 13.9. The lowest BCUT2D eigenvalue weighted by Crippen LogP contribution is -2.06. The van der Waals surface area contributed by atoms with Gasteiger partial charge in [0.05, 0.1) is 5.52 Å². The Balaban J connectivity index is 2.00. The van der Waals surface area contributed by atoms with Crippen LogP contribution < -0.4 is 10.6 Å². The van der Waals surface area contributed by atoms with Crippen LogP contribution in [0.25, 0.3) is 10.9 Å². The van der Waals surface area contributed by atoms with Crippen molar-refractivity contribution in [2.24, 2.45) is 0 Å². The third-order valence-electron chi connectivity index (χ3n) is 3.62. The van der Waals surface area contributed by atoms with Crippen LogP contribution in [-0.2, 0) is 0 Å². The largest absolute Gasteiger partial charge is 0.369 e. The van der Waals surface area contributed by atoms with Crippen molar-refractivity contribution in [2.75, 3.05) is 17.2 Å². The van der Waals surface area contributed by atoms with E-state index < -0.39 is 0 Å². The van der Waals surface area contributed by atoms with E-state index in [1.54, 1.807) is 0 Å². The van der Waals surface area contributed by atoms with Gasteiger partial charge in [-0.3, -0.25) is 0 Å². The highest BCUT2D eigenvalue weighted by atomic mass is 15.1. The maximum Gasteiger partial charge on any atom is 0.229 e. The minimum Gasteiger partial charge on any atom is -0.369 e. The second kappa shape index (κ2) is 6.65. The molecule has 23 heavy (non-hydrogen) atoms. The highest BCUT2D eigenvalue weighted by Crippen LogP contribution is 2.24. The monoisotopic (exact) mass is 306 g/mol. The molecule has 0 fully saturated rings. The fourth-order valence-electron chi connectivity index (χ4n) is 2.69. The molecular formula is C19H22N4. The predicted molar refractivity (Wildman–Crippen MR) is 97.5 cm³/mol. The summed E-state index contributed by atoms with van der Waals surface area (Å²) in [5.74, 6) is 1.50. The number of nitrogens with one attached hydrogen (secondary N) is 2. The van der Waals surface area contributed by atoms with E-state index in [0.29, 0.717) is 5.95 Å². The SMILES string of the molecule is CCCNc1nc(Nc2cc(C)cc(C)c2)nc2ccccc12. The van der Waals surface area contributed by atoms with Gasteiger partial charge in [-0.25, -0.2) is 4.98 Å². The number of nitrogens with zero attached hydrogens (tertiary/aromatic N) is 2. The quantitative estimate of drug-likeness (QED) is 0.710. The van der Waals surface area contributed by atoms with Crippen molar-refractivity contribution in [3.63, 3.8) is 0 Å². The van der Waals surface area contributed by atoms with Gasteiger partial charge >= 0.3 is 0 Å². The highest BCUT2D eigenvalue weighted by Gasteiger charge is 2.07. The Bertz CT molecular complexity index is 806. The summed E-state index contributed by atoms with van der Waals surface area (Å²) in [4.78, 5) is 9.30. The molecule has 118 valence electrons. The van der Waals surface area contributed by atoms with Crippen molar-refractivity contribution in [1.29, 1.82) is 0 Å². The molecule has 0 aliphatic heterocycles. The molecule has 1 heterocycles. The van der Waals surface area contributed by atoms with E-state index in [1.165, 1.54) is 11.1 Å². The third-order valence-corrected chi connectivity index (χ3v) is 3.62. The van der Waals surface area contributed by atoms with Crippen LogP contribution in [0.3, 0.4) is 0 Å². The van der Waals surface area contributed by atoms with Gasteiger partial charge in [0.15, 0.2) is 0 Å². The Hall–Kier alpha value is -2.62. The highest BCUT2D eigenvalue weighted by molar-refractivity contribution is 5.90. The van der Waals surface area contributed by atoms with Crippen LogP contribution in [0, 0.1) is 13.8 Å². The Morgan fingerprint density at radius 3 is 2.43 bits per heavy atom. The summed E-state index contributed by atoms with van der Waals surface area (Å²) in [5.41, 5.74) is 4.39. The minimum atomic E-state index is 0.618. The van der Waals surface area contributed by atoms with E-state index in [2.05, 4.69) is 59.6 Å². The summed E-state index contributed by atoms with van der Waals surface area (Å²) < 4.78 is 0. The Morgan fingerprint density at radius 2 is 1.70 bits per heavy atom. The summed E-state index contributed by atoms with van der Waals surface area (Å²) in [6, 6.07) is 14.4. The van der Waals surface area contributed by atoms with Gasteiger partial charge < -0.3 is 10.6 Å². The molecule has 0 unspecified atom stereocenters. The number of hydrogen-bond acceptors (Lipinski definition) is 4. The Morgan fingerprint density at radius 1 is 0.957 bits per heavy atom. The van der Waals surface area contributed by atoms with Crippen molar-refractivity contribution in [1.82, 2.24) is 9.97 Å². The molecule has 3 aromatic rings. The number of hydrogen-bond donors (Lipinski definition) is 2. The molecule has 0 bridgehead atoms. The van der Waals surface area contributed by atoms with Crippen LogP contribution in [0.4, 0.5) is 17.5 Å². The van der Waals surface area contributed by atoms with E-state index in [9.17, 15) is 0 Å². The summed E-state index contributed by atoms with van der Waals surface area (Å²) in [5, 5.41) is 7.78. The van der Waals surface area contributed by atoms with Crippen LogP contribution in [0.1, 0.15) is 24.5 Å². The van der Waals surface area contributed by atoms with Crippen LogP contribution in [-0.4, -0.2) is 16.5 Å². The number of aromatic nitrogens is 2.